The normalized spacial score (nSPS) is 72.5. The standard InChI is InChI=1S/C17H22/c1-2-10-5-9(1)14-12-6-13(15(10)14)16-11-3-4-17(16,7-11)8-12/h1-2,9-16H,3-8H2. The second-order valence-corrected chi connectivity index (χ2v) is 8.36. The lowest BCUT2D eigenvalue weighted by atomic mass is 9.49. The average Bonchev–Trinajstić information content (AvgIpc) is 3.04. The van der Waals surface area contributed by atoms with E-state index in [1.807, 2.05) is 0 Å². The maximum absolute atomic E-state index is 2.61. The molecule has 0 saturated heterocycles. The molecule has 9 unspecified atom stereocenters. The Hall–Kier alpha value is -0.260. The van der Waals surface area contributed by atoms with Crippen molar-refractivity contribution in [1.82, 2.24) is 0 Å². The zero-order chi connectivity index (χ0) is 10.8. The molecule has 6 saturated carbocycles. The Kier molecular flexibility index (Phi) is 1.24. The molecule has 0 aromatic heterocycles. The van der Waals surface area contributed by atoms with Gasteiger partial charge in [-0.25, -0.2) is 0 Å². The van der Waals surface area contributed by atoms with Gasteiger partial charge in [0.15, 0.2) is 0 Å². The maximum atomic E-state index is 2.61. The van der Waals surface area contributed by atoms with Crippen molar-refractivity contribution in [2.24, 2.45) is 52.8 Å². The van der Waals surface area contributed by atoms with Crippen molar-refractivity contribution in [3.05, 3.63) is 12.2 Å². The number of hydrogen-bond donors (Lipinski definition) is 0. The summed E-state index contributed by atoms with van der Waals surface area (Å²) >= 11 is 0. The lowest BCUT2D eigenvalue weighted by Gasteiger charge is -2.55. The summed E-state index contributed by atoms with van der Waals surface area (Å²) in [4.78, 5) is 0. The van der Waals surface area contributed by atoms with Crippen LogP contribution in [0.15, 0.2) is 12.2 Å². The molecule has 0 aliphatic heterocycles. The largest absolute Gasteiger partial charge is 0.0848 e. The summed E-state index contributed by atoms with van der Waals surface area (Å²) in [7, 11) is 0. The summed E-state index contributed by atoms with van der Waals surface area (Å²) in [5.74, 6) is 9.08. The van der Waals surface area contributed by atoms with E-state index in [1.54, 1.807) is 38.5 Å². The first kappa shape index (κ1) is 8.77. The van der Waals surface area contributed by atoms with Gasteiger partial charge in [0.05, 0.1) is 0 Å². The van der Waals surface area contributed by atoms with Crippen LogP contribution < -0.4 is 0 Å². The summed E-state index contributed by atoms with van der Waals surface area (Å²) in [5.41, 5.74) is 0.905. The Balaban J connectivity index is 1.50. The number of allylic oxidation sites excluding steroid dienone is 2. The molecule has 0 radical (unpaired) electrons. The Labute approximate surface area is 104 Å². The predicted octanol–water partition coefficient (Wildman–Crippen LogP) is 3.88. The number of rotatable bonds is 0. The summed E-state index contributed by atoms with van der Waals surface area (Å²) in [6, 6.07) is 0. The van der Waals surface area contributed by atoms with E-state index in [1.165, 1.54) is 17.8 Å². The van der Waals surface area contributed by atoms with E-state index in [4.69, 9.17) is 0 Å². The number of fused-ring (bicyclic) bond motifs is 10. The van der Waals surface area contributed by atoms with Gasteiger partial charge in [-0.2, -0.15) is 0 Å². The van der Waals surface area contributed by atoms with Gasteiger partial charge in [0.2, 0.25) is 0 Å². The quantitative estimate of drug-likeness (QED) is 0.434. The van der Waals surface area contributed by atoms with Crippen molar-refractivity contribution in [3.63, 3.8) is 0 Å². The summed E-state index contributed by atoms with van der Waals surface area (Å²) in [6.45, 7) is 0. The molecule has 0 N–H and O–H groups in total. The molecule has 0 nitrogen and oxygen atoms in total. The smallest absolute Gasteiger partial charge is 0.0194 e. The van der Waals surface area contributed by atoms with E-state index in [-0.39, 0.29) is 0 Å². The fourth-order valence-electron chi connectivity index (χ4n) is 8.23. The molecular formula is C17H22. The predicted molar refractivity (Wildman–Crippen MR) is 67.2 cm³/mol. The van der Waals surface area contributed by atoms with Crippen LogP contribution >= 0.6 is 0 Å². The molecule has 0 amide bonds. The Bertz CT molecular complexity index is 431. The van der Waals surface area contributed by atoms with Gasteiger partial charge in [-0.3, -0.25) is 0 Å². The van der Waals surface area contributed by atoms with Gasteiger partial charge < -0.3 is 0 Å². The first-order valence-electron chi connectivity index (χ1n) is 8.04. The highest BCUT2D eigenvalue weighted by Gasteiger charge is 2.71. The minimum atomic E-state index is 0.905. The lowest BCUT2D eigenvalue weighted by molar-refractivity contribution is -0.0663. The molecule has 17 heavy (non-hydrogen) atoms. The summed E-state index contributed by atoms with van der Waals surface area (Å²) < 4.78 is 0. The van der Waals surface area contributed by atoms with Crippen LogP contribution in [0, 0.1) is 52.8 Å². The topological polar surface area (TPSA) is 0 Å². The molecule has 6 bridgehead atoms. The van der Waals surface area contributed by atoms with Crippen LogP contribution in [0.2, 0.25) is 0 Å². The van der Waals surface area contributed by atoms with E-state index >= 15 is 0 Å². The molecule has 7 aliphatic carbocycles. The van der Waals surface area contributed by atoms with Crippen molar-refractivity contribution >= 4 is 0 Å². The maximum Gasteiger partial charge on any atom is -0.0194 e. The molecular weight excluding hydrogens is 204 g/mol. The van der Waals surface area contributed by atoms with Crippen LogP contribution in [-0.2, 0) is 0 Å². The number of hydrogen-bond acceptors (Lipinski definition) is 0. The van der Waals surface area contributed by atoms with E-state index in [9.17, 15) is 0 Å². The van der Waals surface area contributed by atoms with Crippen LogP contribution in [0.25, 0.3) is 0 Å². The average molecular weight is 226 g/mol. The fourth-order valence-corrected chi connectivity index (χ4v) is 8.23. The van der Waals surface area contributed by atoms with Crippen LogP contribution in [0.3, 0.4) is 0 Å². The highest BCUT2D eigenvalue weighted by atomic mass is 14.8. The van der Waals surface area contributed by atoms with Gasteiger partial charge in [-0.05, 0) is 91.3 Å². The van der Waals surface area contributed by atoms with Crippen LogP contribution in [0.5, 0.6) is 0 Å². The second-order valence-electron chi connectivity index (χ2n) is 8.36. The lowest BCUT2D eigenvalue weighted by Crippen LogP contribution is -2.48. The van der Waals surface area contributed by atoms with Gasteiger partial charge >= 0.3 is 0 Å². The molecule has 0 aromatic rings. The van der Waals surface area contributed by atoms with E-state index in [0.29, 0.717) is 0 Å². The summed E-state index contributed by atoms with van der Waals surface area (Å²) in [5, 5.41) is 0. The first-order chi connectivity index (χ1) is 8.36. The van der Waals surface area contributed by atoms with Gasteiger partial charge in [0.25, 0.3) is 0 Å². The van der Waals surface area contributed by atoms with E-state index in [2.05, 4.69) is 12.2 Å². The second kappa shape index (κ2) is 2.40. The van der Waals surface area contributed by atoms with Crippen LogP contribution in [0.4, 0.5) is 0 Å². The third kappa shape index (κ3) is 0.755. The van der Waals surface area contributed by atoms with Crippen molar-refractivity contribution in [3.8, 4) is 0 Å². The molecule has 0 aromatic carbocycles. The van der Waals surface area contributed by atoms with Gasteiger partial charge in [-0.15, -0.1) is 0 Å². The van der Waals surface area contributed by atoms with Gasteiger partial charge in [0.1, 0.15) is 0 Å². The third-order valence-corrected chi connectivity index (χ3v) is 8.22. The molecule has 0 heteroatoms. The van der Waals surface area contributed by atoms with Crippen LogP contribution in [0.1, 0.15) is 38.5 Å². The zero-order valence-electron chi connectivity index (χ0n) is 10.5. The molecule has 1 spiro atoms. The van der Waals surface area contributed by atoms with Crippen molar-refractivity contribution in [2.45, 2.75) is 38.5 Å². The van der Waals surface area contributed by atoms with E-state index < -0.39 is 0 Å². The molecule has 7 aliphatic rings. The highest BCUT2D eigenvalue weighted by Crippen LogP contribution is 2.78. The SMILES string of the molecule is C1=CC2CC1C1C3CC(C21)C1C2CCC1(C3)C2. The van der Waals surface area contributed by atoms with Crippen molar-refractivity contribution in [1.29, 1.82) is 0 Å². The van der Waals surface area contributed by atoms with Crippen molar-refractivity contribution < 1.29 is 0 Å². The summed E-state index contributed by atoms with van der Waals surface area (Å²) in [6.07, 6.45) is 14.9. The van der Waals surface area contributed by atoms with E-state index in [0.717, 1.165) is 35.0 Å². The Morgan fingerprint density at radius 3 is 2.59 bits per heavy atom. The Morgan fingerprint density at radius 1 is 0.882 bits per heavy atom. The van der Waals surface area contributed by atoms with Gasteiger partial charge in [0, 0.05) is 0 Å². The zero-order valence-corrected chi connectivity index (χ0v) is 10.5. The molecule has 9 atom stereocenters. The monoisotopic (exact) mass is 226 g/mol. The third-order valence-electron chi connectivity index (χ3n) is 8.22. The molecule has 6 fully saturated rings. The van der Waals surface area contributed by atoms with Crippen molar-refractivity contribution in [2.75, 3.05) is 0 Å². The van der Waals surface area contributed by atoms with Crippen LogP contribution in [-0.4, -0.2) is 0 Å². The minimum absolute atomic E-state index is 0.905. The molecule has 90 valence electrons. The molecule has 7 rings (SSSR count). The first-order valence-corrected chi connectivity index (χ1v) is 8.04. The highest BCUT2D eigenvalue weighted by molar-refractivity contribution is 5.24. The Morgan fingerprint density at radius 2 is 1.71 bits per heavy atom. The fraction of sp³-hybridized carbons (Fsp3) is 0.882. The van der Waals surface area contributed by atoms with Gasteiger partial charge in [-0.1, -0.05) is 12.2 Å². The molecule has 0 heterocycles. The minimum Gasteiger partial charge on any atom is -0.0848 e.